The number of esters is 2. The van der Waals surface area contributed by atoms with Crippen molar-refractivity contribution < 1.29 is 37.9 Å². The number of carbonyl (C=O) groups excluding carboxylic acids is 2. The Morgan fingerprint density at radius 2 is 0.923 bits per heavy atom. The molecule has 0 aromatic rings. The van der Waals surface area contributed by atoms with E-state index >= 15 is 0 Å². The first-order chi connectivity index (χ1) is 25.3. The Hall–Kier alpha value is -2.51. The third-order valence-corrected chi connectivity index (χ3v) is 8.69. The van der Waals surface area contributed by atoms with Crippen LogP contribution in [0.25, 0.3) is 0 Å². The highest BCUT2D eigenvalue weighted by Gasteiger charge is 2.22. The van der Waals surface area contributed by atoms with Gasteiger partial charge in [-0.2, -0.15) is 0 Å². The van der Waals surface area contributed by atoms with Gasteiger partial charge in [0, 0.05) is 12.8 Å². The van der Waals surface area contributed by atoms with Crippen molar-refractivity contribution in [2.75, 3.05) is 13.2 Å². The molecule has 2 N–H and O–H groups in total. The highest BCUT2D eigenvalue weighted by molar-refractivity contribution is 7.46. The van der Waals surface area contributed by atoms with Crippen LogP contribution in [0.2, 0.25) is 0 Å². The summed E-state index contributed by atoms with van der Waals surface area (Å²) in [6.07, 6.45) is 49.0. The largest absolute Gasteiger partial charge is 0.469 e. The summed E-state index contributed by atoms with van der Waals surface area (Å²) in [6.45, 7) is 3.51. The molecule has 0 amide bonds. The molecule has 0 heterocycles. The van der Waals surface area contributed by atoms with Crippen molar-refractivity contribution in [3.8, 4) is 0 Å². The molecule has 0 radical (unpaired) electrons. The van der Waals surface area contributed by atoms with Crippen molar-refractivity contribution >= 4 is 19.8 Å². The fourth-order valence-electron chi connectivity index (χ4n) is 5.22. The second-order valence-corrected chi connectivity index (χ2v) is 14.5. The number of phosphoric ester groups is 1. The number of ether oxygens (including phenoxy) is 2. The molecule has 0 fully saturated rings. The highest BCUT2D eigenvalue weighted by Crippen LogP contribution is 2.36. The molecule has 298 valence electrons. The molecule has 0 bridgehead atoms. The SMILES string of the molecule is CC/C=C\C/C=C\C/C=C\C/C=C\CCCCCCC(=O)OC(COC(=O)CCCCCCCCC/C=C\C/C=C\CCCCC)COP(=O)(O)O. The van der Waals surface area contributed by atoms with Gasteiger partial charge in [-0.25, -0.2) is 4.57 Å². The van der Waals surface area contributed by atoms with Crippen molar-refractivity contribution in [2.45, 2.75) is 174 Å². The van der Waals surface area contributed by atoms with E-state index in [9.17, 15) is 14.2 Å². The molecular formula is C43H73O8P. The summed E-state index contributed by atoms with van der Waals surface area (Å²) in [5.74, 6) is -0.927. The van der Waals surface area contributed by atoms with Crippen LogP contribution >= 0.6 is 7.82 Å². The lowest BCUT2D eigenvalue weighted by atomic mass is 10.1. The molecule has 1 atom stereocenters. The molecule has 1 unspecified atom stereocenters. The van der Waals surface area contributed by atoms with Crippen LogP contribution in [-0.2, 0) is 28.2 Å². The summed E-state index contributed by atoms with van der Waals surface area (Å²) in [7, 11) is -4.77. The maximum atomic E-state index is 12.4. The smallest absolute Gasteiger partial charge is 0.462 e. The third kappa shape index (κ3) is 40.3. The maximum Gasteiger partial charge on any atom is 0.469 e. The maximum absolute atomic E-state index is 12.4. The monoisotopic (exact) mass is 749 g/mol. The van der Waals surface area contributed by atoms with Gasteiger partial charge in [0.05, 0.1) is 6.61 Å². The lowest BCUT2D eigenvalue weighted by Crippen LogP contribution is -2.29. The second-order valence-electron chi connectivity index (χ2n) is 13.2. The van der Waals surface area contributed by atoms with E-state index in [0.29, 0.717) is 12.8 Å². The average Bonchev–Trinajstić information content (AvgIpc) is 3.11. The Bertz CT molecular complexity index is 1070. The highest BCUT2D eigenvalue weighted by atomic mass is 31.2. The number of hydrogen-bond donors (Lipinski definition) is 2. The summed E-state index contributed by atoms with van der Waals surface area (Å²) < 4.78 is 26.3. The Labute approximate surface area is 317 Å². The quantitative estimate of drug-likeness (QED) is 0.0281. The minimum Gasteiger partial charge on any atom is -0.462 e. The molecule has 0 aliphatic rings. The van der Waals surface area contributed by atoms with Gasteiger partial charge < -0.3 is 19.3 Å². The van der Waals surface area contributed by atoms with Gasteiger partial charge in [-0.05, 0) is 83.5 Å². The average molecular weight is 749 g/mol. The molecule has 8 nitrogen and oxygen atoms in total. The van der Waals surface area contributed by atoms with Crippen LogP contribution in [0, 0.1) is 0 Å². The zero-order chi connectivity index (χ0) is 38.2. The predicted molar refractivity (Wildman–Crippen MR) is 216 cm³/mol. The third-order valence-electron chi connectivity index (χ3n) is 8.21. The molecule has 52 heavy (non-hydrogen) atoms. The van der Waals surface area contributed by atoms with Gasteiger partial charge in [-0.3, -0.25) is 14.1 Å². The standard InChI is InChI=1S/C43H73O8P/c1-3-5-7-9-11-13-15-17-19-21-23-25-27-29-31-33-35-37-42(44)49-39-41(40-50-52(46,47)48)51-43(45)38-36-34-32-30-28-26-24-22-20-18-16-14-12-10-8-6-4-2/h6,8,11-14,17-20,24,26,41H,3-5,7,9-10,15-16,21-23,25,27-40H2,1-2H3,(H2,46,47,48)/b8-6-,13-11-,14-12-,19-17-,20-18-,26-24-. The van der Waals surface area contributed by atoms with E-state index in [1.54, 1.807) is 0 Å². The molecule has 0 aliphatic carbocycles. The summed E-state index contributed by atoms with van der Waals surface area (Å²) in [5.41, 5.74) is 0. The number of allylic oxidation sites excluding steroid dienone is 12. The first-order valence-electron chi connectivity index (χ1n) is 20.2. The van der Waals surface area contributed by atoms with Crippen LogP contribution in [-0.4, -0.2) is 41.0 Å². The summed E-state index contributed by atoms with van der Waals surface area (Å²) in [4.78, 5) is 42.8. The fraction of sp³-hybridized carbons (Fsp3) is 0.674. The van der Waals surface area contributed by atoms with Crippen LogP contribution < -0.4 is 0 Å². The molecule has 9 heteroatoms. The van der Waals surface area contributed by atoms with Crippen molar-refractivity contribution in [1.82, 2.24) is 0 Å². The topological polar surface area (TPSA) is 119 Å². The van der Waals surface area contributed by atoms with E-state index in [-0.39, 0.29) is 19.4 Å². The van der Waals surface area contributed by atoms with E-state index in [0.717, 1.165) is 83.5 Å². The zero-order valence-corrected chi connectivity index (χ0v) is 33.6. The van der Waals surface area contributed by atoms with Crippen LogP contribution in [0.4, 0.5) is 0 Å². The predicted octanol–water partition coefficient (Wildman–Crippen LogP) is 12.3. The molecule has 0 spiro atoms. The molecule has 0 saturated heterocycles. The lowest BCUT2D eigenvalue weighted by Gasteiger charge is -2.18. The second kappa shape index (κ2) is 38.2. The first kappa shape index (κ1) is 49.5. The molecule has 0 rings (SSSR count). The minimum absolute atomic E-state index is 0.178. The molecule has 0 saturated carbocycles. The number of phosphoric acid groups is 1. The van der Waals surface area contributed by atoms with Crippen molar-refractivity contribution in [2.24, 2.45) is 0 Å². The molecule has 0 aliphatic heterocycles. The molecule has 0 aromatic carbocycles. The lowest BCUT2D eigenvalue weighted by molar-refractivity contribution is -0.161. The van der Waals surface area contributed by atoms with Gasteiger partial charge in [0.1, 0.15) is 6.61 Å². The Morgan fingerprint density at radius 1 is 0.519 bits per heavy atom. The van der Waals surface area contributed by atoms with E-state index in [4.69, 9.17) is 19.3 Å². The number of hydrogen-bond acceptors (Lipinski definition) is 6. The summed E-state index contributed by atoms with van der Waals surface area (Å²) in [6, 6.07) is 0. The van der Waals surface area contributed by atoms with Gasteiger partial charge in [0.25, 0.3) is 0 Å². The van der Waals surface area contributed by atoms with Gasteiger partial charge >= 0.3 is 19.8 Å². The molecular weight excluding hydrogens is 675 g/mol. The van der Waals surface area contributed by atoms with E-state index in [2.05, 4.69) is 91.3 Å². The van der Waals surface area contributed by atoms with Gasteiger partial charge in [0.15, 0.2) is 6.10 Å². The van der Waals surface area contributed by atoms with E-state index in [1.807, 2.05) is 0 Å². The Kier molecular flexibility index (Phi) is 36.4. The fourth-order valence-corrected chi connectivity index (χ4v) is 5.58. The van der Waals surface area contributed by atoms with Crippen LogP contribution in [0.5, 0.6) is 0 Å². The number of carbonyl (C=O) groups is 2. The zero-order valence-electron chi connectivity index (χ0n) is 32.7. The van der Waals surface area contributed by atoms with Gasteiger partial charge in [-0.1, -0.05) is 145 Å². The minimum atomic E-state index is -4.77. The molecule has 0 aromatic heterocycles. The van der Waals surface area contributed by atoms with Crippen LogP contribution in [0.15, 0.2) is 72.9 Å². The normalized spacial score (nSPS) is 13.2. The van der Waals surface area contributed by atoms with Crippen molar-refractivity contribution in [3.05, 3.63) is 72.9 Å². The van der Waals surface area contributed by atoms with Gasteiger partial charge in [0.2, 0.25) is 0 Å². The van der Waals surface area contributed by atoms with Crippen molar-refractivity contribution in [3.63, 3.8) is 0 Å². The number of rotatable bonds is 36. The summed E-state index contributed by atoms with van der Waals surface area (Å²) >= 11 is 0. The Balaban J connectivity index is 4.01. The van der Waals surface area contributed by atoms with Crippen LogP contribution in [0.1, 0.15) is 168 Å². The van der Waals surface area contributed by atoms with Crippen LogP contribution in [0.3, 0.4) is 0 Å². The van der Waals surface area contributed by atoms with Crippen molar-refractivity contribution in [1.29, 1.82) is 0 Å². The summed E-state index contributed by atoms with van der Waals surface area (Å²) in [5, 5.41) is 0. The first-order valence-corrected chi connectivity index (χ1v) is 21.8. The van der Waals surface area contributed by atoms with E-state index < -0.39 is 32.5 Å². The van der Waals surface area contributed by atoms with E-state index in [1.165, 1.54) is 44.9 Å². The Morgan fingerprint density at radius 3 is 1.38 bits per heavy atom. The number of unbranched alkanes of at least 4 members (excludes halogenated alkanes) is 14. The van der Waals surface area contributed by atoms with Gasteiger partial charge in [-0.15, -0.1) is 0 Å².